The van der Waals surface area contributed by atoms with E-state index in [1.54, 1.807) is 0 Å². The van der Waals surface area contributed by atoms with Crippen LogP contribution in [0.1, 0.15) is 87.5 Å². The molecule has 3 aromatic carbocycles. The zero-order valence-electron chi connectivity index (χ0n) is 22.9. The van der Waals surface area contributed by atoms with Crippen molar-refractivity contribution in [1.29, 1.82) is 0 Å². The minimum Gasteiger partial charge on any atom is -0.326 e. The van der Waals surface area contributed by atoms with Crippen LogP contribution in [0.15, 0.2) is 97.6 Å². The molecule has 37 heavy (non-hydrogen) atoms. The largest absolute Gasteiger partial charge is 0.326 e. The highest BCUT2D eigenvalue weighted by Gasteiger charge is 2.36. The lowest BCUT2D eigenvalue weighted by atomic mass is 9.94. The molecule has 1 aromatic heterocycles. The maximum absolute atomic E-state index is 4.52. The van der Waals surface area contributed by atoms with E-state index in [1.165, 1.54) is 91.6 Å². The summed E-state index contributed by atoms with van der Waals surface area (Å²) >= 11 is 0. The van der Waals surface area contributed by atoms with Crippen molar-refractivity contribution in [2.75, 3.05) is 0 Å². The van der Waals surface area contributed by atoms with Crippen molar-refractivity contribution in [2.24, 2.45) is 0 Å². The van der Waals surface area contributed by atoms with Crippen molar-refractivity contribution < 1.29 is 0 Å². The minimum absolute atomic E-state index is 0.223. The fraction of sp³-hybridized carbons (Fsp3) is 0.382. The third kappa shape index (κ3) is 7.10. The summed E-state index contributed by atoms with van der Waals surface area (Å²) in [5.74, 6) is 0. The van der Waals surface area contributed by atoms with Crippen LogP contribution in [0, 0.1) is 0 Å². The summed E-state index contributed by atoms with van der Waals surface area (Å²) in [6, 6.07) is 30.1. The average Bonchev–Trinajstić information content (AvgIpc) is 3.49. The number of aromatic nitrogens is 2. The van der Waals surface area contributed by atoms with Crippen molar-refractivity contribution in [3.8, 4) is 0 Å². The lowest BCUT2D eigenvalue weighted by Crippen LogP contribution is -2.46. The second kappa shape index (κ2) is 14.1. The van der Waals surface area contributed by atoms with Crippen LogP contribution in [-0.4, -0.2) is 19.1 Å². The fourth-order valence-corrected chi connectivity index (χ4v) is 7.89. The SMILES string of the molecule is CCCCCCc1ccc(C([SiH2]c2ccccc2)(c2ccc(CCCCCC)cc2)n2ccnc2)cc1. The average molecular weight is 509 g/mol. The summed E-state index contributed by atoms with van der Waals surface area (Å²) < 4.78 is 2.37. The van der Waals surface area contributed by atoms with E-state index in [9.17, 15) is 0 Å². The number of unbranched alkanes of at least 4 members (excludes halogenated alkanes) is 6. The lowest BCUT2D eigenvalue weighted by Gasteiger charge is -2.37. The molecule has 3 heteroatoms. The molecule has 1 heterocycles. The van der Waals surface area contributed by atoms with Crippen LogP contribution in [0.4, 0.5) is 0 Å². The van der Waals surface area contributed by atoms with Gasteiger partial charge in [-0.15, -0.1) is 0 Å². The van der Waals surface area contributed by atoms with Crippen LogP contribution < -0.4 is 5.19 Å². The van der Waals surface area contributed by atoms with E-state index in [1.807, 2.05) is 12.5 Å². The number of aryl methyl sites for hydroxylation is 2. The standard InChI is InChI=1S/C34H44N2Si/c1-3-5-7-10-14-29-18-22-31(23-19-29)34(36-27-26-35-28-36,37-33-16-12-9-13-17-33)32-24-20-30(21-25-32)15-11-8-6-4-2/h9,12-13,16-28H,3-8,10-11,14-15,37H2,1-2H3. The van der Waals surface area contributed by atoms with E-state index in [0.29, 0.717) is 0 Å². The van der Waals surface area contributed by atoms with E-state index in [4.69, 9.17) is 0 Å². The van der Waals surface area contributed by atoms with Crippen molar-refractivity contribution in [3.05, 3.63) is 120 Å². The van der Waals surface area contributed by atoms with Gasteiger partial charge in [0.1, 0.15) is 0 Å². The first-order chi connectivity index (χ1) is 18.3. The Kier molecular flexibility index (Phi) is 10.4. The predicted molar refractivity (Wildman–Crippen MR) is 162 cm³/mol. The van der Waals surface area contributed by atoms with Crippen LogP contribution in [0.5, 0.6) is 0 Å². The van der Waals surface area contributed by atoms with Gasteiger partial charge in [-0.05, 0) is 47.9 Å². The van der Waals surface area contributed by atoms with Crippen molar-refractivity contribution in [1.82, 2.24) is 9.55 Å². The van der Waals surface area contributed by atoms with Gasteiger partial charge >= 0.3 is 0 Å². The van der Waals surface area contributed by atoms with Gasteiger partial charge in [0.05, 0.1) is 21.0 Å². The fourth-order valence-electron chi connectivity index (χ4n) is 5.54. The summed E-state index contributed by atoms with van der Waals surface area (Å²) in [7, 11) is -0.817. The zero-order valence-corrected chi connectivity index (χ0v) is 24.3. The molecule has 0 unspecified atom stereocenters. The van der Waals surface area contributed by atoms with E-state index in [0.717, 1.165) is 0 Å². The monoisotopic (exact) mass is 508 g/mol. The molecule has 0 atom stereocenters. The predicted octanol–water partition coefficient (Wildman–Crippen LogP) is 7.37. The Morgan fingerprint density at radius 2 is 1.19 bits per heavy atom. The van der Waals surface area contributed by atoms with Crippen LogP contribution in [0.3, 0.4) is 0 Å². The molecule has 0 spiro atoms. The molecular weight excluding hydrogens is 464 g/mol. The molecule has 0 radical (unpaired) electrons. The molecule has 0 aliphatic heterocycles. The summed E-state index contributed by atoms with van der Waals surface area (Å²) in [5, 5.41) is 1.24. The third-order valence-corrected chi connectivity index (χ3v) is 10.3. The topological polar surface area (TPSA) is 17.8 Å². The van der Waals surface area contributed by atoms with Gasteiger partial charge in [-0.25, -0.2) is 4.98 Å². The van der Waals surface area contributed by atoms with Gasteiger partial charge in [0, 0.05) is 12.4 Å². The Bertz CT molecular complexity index is 1090. The lowest BCUT2D eigenvalue weighted by molar-refractivity contribution is 0.595. The van der Waals surface area contributed by atoms with Gasteiger partial charge in [0.15, 0.2) is 0 Å². The van der Waals surface area contributed by atoms with Gasteiger partial charge in [0.2, 0.25) is 0 Å². The molecule has 0 aliphatic rings. The Morgan fingerprint density at radius 1 is 0.649 bits per heavy atom. The number of hydrogen-bond donors (Lipinski definition) is 0. The van der Waals surface area contributed by atoms with Crippen LogP contribution in [-0.2, 0) is 18.0 Å². The quantitative estimate of drug-likeness (QED) is 0.121. The molecule has 0 fully saturated rings. The third-order valence-electron chi connectivity index (χ3n) is 7.75. The maximum atomic E-state index is 4.52. The number of nitrogens with zero attached hydrogens (tertiary/aromatic N) is 2. The Balaban J connectivity index is 1.70. The Morgan fingerprint density at radius 3 is 1.65 bits per heavy atom. The second-order valence-electron chi connectivity index (χ2n) is 10.5. The summed E-state index contributed by atoms with van der Waals surface area (Å²) in [6.45, 7) is 4.56. The first-order valence-electron chi connectivity index (χ1n) is 14.5. The zero-order chi connectivity index (χ0) is 25.8. The highest BCUT2D eigenvalue weighted by atomic mass is 28.2. The normalized spacial score (nSPS) is 11.9. The molecule has 0 amide bonds. The van der Waals surface area contributed by atoms with E-state index >= 15 is 0 Å². The van der Waals surface area contributed by atoms with Gasteiger partial charge in [-0.2, -0.15) is 0 Å². The number of imidazole rings is 1. The van der Waals surface area contributed by atoms with E-state index in [-0.39, 0.29) is 5.16 Å². The van der Waals surface area contributed by atoms with Crippen molar-refractivity contribution >= 4 is 14.7 Å². The summed E-state index contributed by atoms with van der Waals surface area (Å²) in [5.41, 5.74) is 5.63. The first-order valence-corrected chi connectivity index (χ1v) is 15.9. The molecule has 4 aromatic rings. The summed E-state index contributed by atoms with van der Waals surface area (Å²) in [4.78, 5) is 4.52. The molecule has 194 valence electrons. The van der Waals surface area contributed by atoms with Crippen LogP contribution >= 0.6 is 0 Å². The molecule has 0 N–H and O–H groups in total. The molecule has 2 nitrogen and oxygen atoms in total. The van der Waals surface area contributed by atoms with Gasteiger partial charge in [-0.1, -0.05) is 136 Å². The van der Waals surface area contributed by atoms with Gasteiger partial charge < -0.3 is 4.57 Å². The minimum atomic E-state index is -0.817. The molecular formula is C34H44N2Si. The highest BCUT2D eigenvalue weighted by molar-refractivity contribution is 6.57. The molecule has 0 bridgehead atoms. The van der Waals surface area contributed by atoms with Crippen molar-refractivity contribution in [2.45, 2.75) is 83.2 Å². The Hall–Kier alpha value is -2.91. The summed E-state index contributed by atoms with van der Waals surface area (Å²) in [6.07, 6.45) is 18.9. The Labute approximate surface area is 227 Å². The number of rotatable bonds is 15. The van der Waals surface area contributed by atoms with Crippen LogP contribution in [0.2, 0.25) is 0 Å². The highest BCUT2D eigenvalue weighted by Crippen LogP contribution is 2.34. The van der Waals surface area contributed by atoms with Crippen LogP contribution in [0.25, 0.3) is 0 Å². The van der Waals surface area contributed by atoms with Gasteiger partial charge in [0.25, 0.3) is 0 Å². The molecule has 0 saturated carbocycles. The smallest absolute Gasteiger partial charge is 0.0965 e. The molecule has 0 aliphatic carbocycles. The maximum Gasteiger partial charge on any atom is 0.0965 e. The van der Waals surface area contributed by atoms with Crippen molar-refractivity contribution in [3.63, 3.8) is 0 Å². The number of hydrogen-bond acceptors (Lipinski definition) is 1. The number of benzene rings is 3. The second-order valence-corrected chi connectivity index (χ2v) is 12.7. The molecule has 4 rings (SSSR count). The van der Waals surface area contributed by atoms with E-state index < -0.39 is 9.52 Å². The molecule has 0 saturated heterocycles. The van der Waals surface area contributed by atoms with E-state index in [2.05, 4.69) is 108 Å². The first kappa shape index (κ1) is 27.1. The van der Waals surface area contributed by atoms with Gasteiger partial charge in [-0.3, -0.25) is 0 Å².